The fraction of sp³-hybridized carbons (Fsp3) is 0.750. The lowest BCUT2D eigenvalue weighted by Crippen LogP contribution is -2.51. The molecule has 184 valence electrons. The van der Waals surface area contributed by atoms with Crippen molar-refractivity contribution in [3.8, 4) is 0 Å². The Hall–Kier alpha value is -2.22. The van der Waals surface area contributed by atoms with Crippen LogP contribution in [0.1, 0.15) is 74.1 Å². The van der Waals surface area contributed by atoms with Crippen LogP contribution in [0.4, 0.5) is 0 Å². The second-order valence-electron chi connectivity index (χ2n) is 9.19. The van der Waals surface area contributed by atoms with Crippen LogP contribution >= 0.6 is 0 Å². The van der Waals surface area contributed by atoms with Crippen molar-refractivity contribution in [2.45, 2.75) is 92.3 Å². The zero-order chi connectivity index (χ0) is 24.7. The largest absolute Gasteiger partial charge is 0.353 e. The van der Waals surface area contributed by atoms with Gasteiger partial charge in [0.1, 0.15) is 0 Å². The van der Waals surface area contributed by atoms with Crippen LogP contribution in [0.5, 0.6) is 0 Å². The van der Waals surface area contributed by atoms with E-state index in [4.69, 9.17) is 0 Å². The molecule has 0 radical (unpaired) electrons. The molecule has 0 heterocycles. The molecule has 0 aromatic heterocycles. The van der Waals surface area contributed by atoms with Gasteiger partial charge in [-0.1, -0.05) is 47.6 Å². The summed E-state index contributed by atoms with van der Waals surface area (Å²) < 4.78 is 0. The highest BCUT2D eigenvalue weighted by Gasteiger charge is 2.24. The van der Waals surface area contributed by atoms with E-state index in [0.717, 1.165) is 0 Å². The SMILES string of the molecule is C/C=C/C(=O)NCCCC[C@H](NC(=O)CNC(=O)[C@H](CC(C)C)NC(C)C)C(=O)C(C)C. The summed E-state index contributed by atoms with van der Waals surface area (Å²) in [5, 5.41) is 11.5. The second kappa shape index (κ2) is 16.4. The smallest absolute Gasteiger partial charge is 0.243 e. The number of Topliss-reactive ketones (excluding diaryl/α,β-unsaturated/α-hetero) is 1. The zero-order valence-corrected chi connectivity index (χ0v) is 20.9. The number of rotatable bonds is 16. The fourth-order valence-electron chi connectivity index (χ4n) is 3.24. The van der Waals surface area contributed by atoms with E-state index in [1.807, 2.05) is 27.7 Å². The Kier molecular flexibility index (Phi) is 15.3. The topological polar surface area (TPSA) is 116 Å². The van der Waals surface area contributed by atoms with Crippen LogP contribution in [0.3, 0.4) is 0 Å². The summed E-state index contributed by atoms with van der Waals surface area (Å²) in [6.45, 7) is 13.8. The fourth-order valence-corrected chi connectivity index (χ4v) is 3.24. The number of amides is 3. The number of nitrogens with one attached hydrogen (secondary N) is 4. The molecule has 0 rings (SSSR count). The number of allylic oxidation sites excluding steroid dienone is 1. The molecule has 0 fully saturated rings. The summed E-state index contributed by atoms with van der Waals surface area (Å²) in [6, 6.07) is -0.825. The minimum atomic E-state index is -0.606. The van der Waals surface area contributed by atoms with Gasteiger partial charge in [-0.3, -0.25) is 19.2 Å². The van der Waals surface area contributed by atoms with Crippen molar-refractivity contribution in [1.29, 1.82) is 0 Å². The summed E-state index contributed by atoms with van der Waals surface area (Å²) in [4.78, 5) is 48.9. The highest BCUT2D eigenvalue weighted by molar-refractivity contribution is 5.92. The first-order chi connectivity index (χ1) is 15.0. The molecule has 4 N–H and O–H groups in total. The van der Waals surface area contributed by atoms with Crippen LogP contribution in [0, 0.1) is 11.8 Å². The third-order valence-corrected chi connectivity index (χ3v) is 4.77. The van der Waals surface area contributed by atoms with Crippen LogP contribution in [0.15, 0.2) is 12.2 Å². The van der Waals surface area contributed by atoms with Crippen molar-refractivity contribution < 1.29 is 19.2 Å². The number of unbranched alkanes of at least 4 members (excludes halogenated alkanes) is 1. The summed E-state index contributed by atoms with van der Waals surface area (Å²) in [6.07, 6.45) is 5.68. The Balaban J connectivity index is 4.69. The third kappa shape index (κ3) is 14.0. The monoisotopic (exact) mass is 452 g/mol. The second-order valence-corrected chi connectivity index (χ2v) is 9.19. The lowest BCUT2D eigenvalue weighted by Gasteiger charge is -2.23. The van der Waals surface area contributed by atoms with Crippen LogP contribution in [-0.4, -0.2) is 54.7 Å². The molecule has 0 aliphatic carbocycles. The number of ketones is 1. The summed E-state index contributed by atoms with van der Waals surface area (Å²) >= 11 is 0. The van der Waals surface area contributed by atoms with Crippen molar-refractivity contribution >= 4 is 23.5 Å². The van der Waals surface area contributed by atoms with E-state index in [1.165, 1.54) is 6.08 Å². The average Bonchev–Trinajstić information content (AvgIpc) is 2.69. The normalized spacial score (nSPS) is 13.4. The molecular formula is C24H44N4O4. The maximum Gasteiger partial charge on any atom is 0.243 e. The minimum Gasteiger partial charge on any atom is -0.353 e. The Labute approximate surface area is 193 Å². The molecule has 0 bridgehead atoms. The molecular weight excluding hydrogens is 408 g/mol. The maximum atomic E-state index is 12.5. The van der Waals surface area contributed by atoms with E-state index in [-0.39, 0.29) is 48.1 Å². The van der Waals surface area contributed by atoms with Gasteiger partial charge in [0.2, 0.25) is 17.7 Å². The molecule has 0 saturated carbocycles. The zero-order valence-electron chi connectivity index (χ0n) is 20.9. The molecule has 2 atom stereocenters. The van der Waals surface area contributed by atoms with Crippen molar-refractivity contribution in [2.24, 2.45) is 11.8 Å². The molecule has 3 amide bonds. The first kappa shape index (κ1) is 29.8. The molecule has 0 aromatic rings. The van der Waals surface area contributed by atoms with E-state index in [2.05, 4.69) is 21.3 Å². The molecule has 32 heavy (non-hydrogen) atoms. The highest BCUT2D eigenvalue weighted by atomic mass is 16.2. The van der Waals surface area contributed by atoms with Crippen molar-refractivity contribution in [3.05, 3.63) is 12.2 Å². The van der Waals surface area contributed by atoms with Gasteiger partial charge < -0.3 is 21.3 Å². The van der Waals surface area contributed by atoms with Gasteiger partial charge in [0, 0.05) is 18.5 Å². The van der Waals surface area contributed by atoms with E-state index in [1.54, 1.807) is 26.8 Å². The lowest BCUT2D eigenvalue weighted by atomic mass is 9.97. The van der Waals surface area contributed by atoms with Crippen LogP contribution in [0.25, 0.3) is 0 Å². The van der Waals surface area contributed by atoms with Crippen LogP contribution in [-0.2, 0) is 19.2 Å². The summed E-state index contributed by atoms with van der Waals surface area (Å²) in [5.74, 6) is -0.662. The molecule has 0 aliphatic rings. The quantitative estimate of drug-likeness (QED) is 0.211. The molecule has 0 unspecified atom stereocenters. The van der Waals surface area contributed by atoms with Crippen molar-refractivity contribution in [1.82, 2.24) is 21.3 Å². The van der Waals surface area contributed by atoms with Crippen molar-refractivity contribution in [2.75, 3.05) is 13.1 Å². The van der Waals surface area contributed by atoms with Crippen LogP contribution < -0.4 is 21.3 Å². The third-order valence-electron chi connectivity index (χ3n) is 4.77. The standard InChI is InChI=1S/C24H44N4O4/c1-8-11-21(29)25-13-10-9-12-19(23(31)17(4)5)28-22(30)15-26-24(32)20(14-16(2)3)27-18(6)7/h8,11,16-20,27H,9-10,12-15H2,1-7H3,(H,25,29)(H,26,32)(H,28,30)/b11-8+/t19-,20-/m0/s1. The van der Waals surface area contributed by atoms with E-state index < -0.39 is 6.04 Å². The van der Waals surface area contributed by atoms with Crippen LogP contribution in [0.2, 0.25) is 0 Å². The molecule has 0 saturated heterocycles. The van der Waals surface area contributed by atoms with Gasteiger partial charge in [-0.25, -0.2) is 0 Å². The number of carbonyl (C=O) groups is 4. The van der Waals surface area contributed by atoms with Gasteiger partial charge in [0.25, 0.3) is 0 Å². The van der Waals surface area contributed by atoms with E-state index >= 15 is 0 Å². The Morgan fingerprint density at radius 2 is 1.53 bits per heavy atom. The molecule has 0 aliphatic heterocycles. The van der Waals surface area contributed by atoms with E-state index in [9.17, 15) is 19.2 Å². The Bertz CT molecular complexity index is 619. The first-order valence-electron chi connectivity index (χ1n) is 11.7. The Morgan fingerprint density at radius 1 is 0.875 bits per heavy atom. The first-order valence-corrected chi connectivity index (χ1v) is 11.7. The van der Waals surface area contributed by atoms with Gasteiger partial charge >= 0.3 is 0 Å². The highest BCUT2D eigenvalue weighted by Crippen LogP contribution is 2.08. The van der Waals surface area contributed by atoms with Gasteiger partial charge in [0.05, 0.1) is 18.6 Å². The van der Waals surface area contributed by atoms with Crippen molar-refractivity contribution in [3.63, 3.8) is 0 Å². The number of hydrogen-bond acceptors (Lipinski definition) is 5. The Morgan fingerprint density at radius 3 is 2.06 bits per heavy atom. The predicted molar refractivity (Wildman–Crippen MR) is 128 cm³/mol. The average molecular weight is 453 g/mol. The summed E-state index contributed by atoms with van der Waals surface area (Å²) in [7, 11) is 0. The maximum absolute atomic E-state index is 12.5. The lowest BCUT2D eigenvalue weighted by molar-refractivity contribution is -0.130. The summed E-state index contributed by atoms with van der Waals surface area (Å²) in [5.41, 5.74) is 0. The molecule has 8 heteroatoms. The van der Waals surface area contributed by atoms with Gasteiger partial charge in [0.15, 0.2) is 5.78 Å². The molecule has 0 spiro atoms. The number of carbonyl (C=O) groups excluding carboxylic acids is 4. The van der Waals surface area contributed by atoms with E-state index in [0.29, 0.717) is 38.1 Å². The van der Waals surface area contributed by atoms with Gasteiger partial charge in [-0.15, -0.1) is 0 Å². The molecule has 0 aromatic carbocycles. The van der Waals surface area contributed by atoms with Gasteiger partial charge in [-0.05, 0) is 44.6 Å². The van der Waals surface area contributed by atoms with Gasteiger partial charge in [-0.2, -0.15) is 0 Å². The predicted octanol–water partition coefficient (Wildman–Crippen LogP) is 2.09. The number of hydrogen-bond donors (Lipinski definition) is 4. The minimum absolute atomic E-state index is 0.0400. The molecule has 8 nitrogen and oxygen atoms in total.